The molecule has 3 aromatic heterocycles. The number of rotatable bonds is 6. The quantitative estimate of drug-likeness (QED) is 0.163. The van der Waals surface area contributed by atoms with Crippen LogP contribution in [0, 0.1) is 0 Å². The van der Waals surface area contributed by atoms with Crippen LogP contribution < -0.4 is 4.90 Å². The number of aromatic nitrogens is 1. The van der Waals surface area contributed by atoms with Gasteiger partial charge in [0.1, 0.15) is 0 Å². The third-order valence-corrected chi connectivity index (χ3v) is 13.2. The maximum atomic E-state index is 2.47. The van der Waals surface area contributed by atoms with Crippen molar-refractivity contribution in [3.8, 4) is 33.4 Å². The molecule has 0 unspecified atom stereocenters. The SMILES string of the molecule is c1ccc(-c2c3ccccc3n3c2c(-c2ccc(N(c4ccc(-c5cccc6ccccc56)cc4)c4cccc5c4sc4ccccc45)cc2)cc2ccccc23)cc1. The highest BCUT2D eigenvalue weighted by atomic mass is 32.1. The molecule has 0 bridgehead atoms. The molecule has 0 saturated heterocycles. The van der Waals surface area contributed by atoms with Crippen LogP contribution in [0.25, 0.3) is 91.6 Å². The van der Waals surface area contributed by atoms with Crippen molar-refractivity contribution >= 4 is 86.7 Å². The van der Waals surface area contributed by atoms with E-state index in [1.54, 1.807) is 0 Å². The summed E-state index contributed by atoms with van der Waals surface area (Å²) in [5.41, 5.74) is 14.3. The minimum Gasteiger partial charge on any atom is -0.309 e. The van der Waals surface area contributed by atoms with Gasteiger partial charge in [0.15, 0.2) is 0 Å². The van der Waals surface area contributed by atoms with E-state index >= 15 is 0 Å². The maximum Gasteiger partial charge on any atom is 0.0640 e. The van der Waals surface area contributed by atoms with Gasteiger partial charge in [0.05, 0.1) is 26.9 Å². The summed E-state index contributed by atoms with van der Waals surface area (Å²) in [7, 11) is 0. The van der Waals surface area contributed by atoms with E-state index < -0.39 is 0 Å². The monoisotopic (exact) mass is 768 g/mol. The van der Waals surface area contributed by atoms with Crippen molar-refractivity contribution < 1.29 is 0 Å². The number of hydrogen-bond acceptors (Lipinski definition) is 2. The second-order valence-corrected chi connectivity index (χ2v) is 16.3. The molecule has 9 aromatic carbocycles. The van der Waals surface area contributed by atoms with Gasteiger partial charge in [-0.3, -0.25) is 0 Å². The lowest BCUT2D eigenvalue weighted by molar-refractivity contribution is 1.30. The second kappa shape index (κ2) is 13.6. The van der Waals surface area contributed by atoms with Gasteiger partial charge in [0.25, 0.3) is 0 Å². The van der Waals surface area contributed by atoms with Crippen LogP contribution in [0.3, 0.4) is 0 Å². The molecule has 0 aliphatic heterocycles. The fourth-order valence-corrected chi connectivity index (χ4v) is 10.5. The summed E-state index contributed by atoms with van der Waals surface area (Å²) in [6.45, 7) is 0. The van der Waals surface area contributed by atoms with Crippen LogP contribution in [0.5, 0.6) is 0 Å². The topological polar surface area (TPSA) is 7.65 Å². The van der Waals surface area contributed by atoms with Crippen LogP contribution in [0.2, 0.25) is 0 Å². The number of thiophene rings is 1. The molecule has 0 radical (unpaired) electrons. The third-order valence-electron chi connectivity index (χ3n) is 12.0. The molecule has 0 atom stereocenters. The average molecular weight is 769 g/mol. The molecule has 0 aliphatic rings. The highest BCUT2D eigenvalue weighted by Gasteiger charge is 2.22. The first kappa shape index (κ1) is 33.7. The number of fused-ring (bicyclic) bond motifs is 9. The van der Waals surface area contributed by atoms with Gasteiger partial charge in [0, 0.05) is 43.4 Å². The Hall–Kier alpha value is -7.46. The molecule has 3 heterocycles. The Morgan fingerprint density at radius 3 is 1.73 bits per heavy atom. The highest BCUT2D eigenvalue weighted by molar-refractivity contribution is 7.26. The summed E-state index contributed by atoms with van der Waals surface area (Å²) in [5.74, 6) is 0. The number of nitrogens with zero attached hydrogens (tertiary/aromatic N) is 2. The van der Waals surface area contributed by atoms with Crippen molar-refractivity contribution in [1.29, 1.82) is 0 Å². The lowest BCUT2D eigenvalue weighted by Crippen LogP contribution is -2.10. The fourth-order valence-electron chi connectivity index (χ4n) is 9.29. The van der Waals surface area contributed by atoms with E-state index in [2.05, 4.69) is 228 Å². The number of anilines is 3. The Morgan fingerprint density at radius 1 is 0.373 bits per heavy atom. The molecule has 2 nitrogen and oxygen atoms in total. The average Bonchev–Trinajstić information content (AvgIpc) is 3.87. The van der Waals surface area contributed by atoms with Crippen LogP contribution >= 0.6 is 11.3 Å². The summed E-state index contributed by atoms with van der Waals surface area (Å²) in [4.78, 5) is 2.44. The van der Waals surface area contributed by atoms with Gasteiger partial charge in [-0.25, -0.2) is 0 Å². The molecular weight excluding hydrogens is 733 g/mol. The fraction of sp³-hybridized carbons (Fsp3) is 0. The molecule has 3 heteroatoms. The van der Waals surface area contributed by atoms with Crippen molar-refractivity contribution in [2.24, 2.45) is 0 Å². The van der Waals surface area contributed by atoms with Crippen LogP contribution in [0.1, 0.15) is 0 Å². The van der Waals surface area contributed by atoms with Crippen molar-refractivity contribution in [2.75, 3.05) is 4.90 Å². The summed E-state index contributed by atoms with van der Waals surface area (Å²) in [5, 5.41) is 7.56. The van der Waals surface area contributed by atoms with E-state index in [1.807, 2.05) is 11.3 Å². The van der Waals surface area contributed by atoms with Crippen molar-refractivity contribution in [2.45, 2.75) is 0 Å². The smallest absolute Gasteiger partial charge is 0.0640 e. The zero-order chi connectivity index (χ0) is 38.9. The van der Waals surface area contributed by atoms with E-state index in [0.717, 1.165) is 11.4 Å². The summed E-state index contributed by atoms with van der Waals surface area (Å²) < 4.78 is 5.05. The molecule has 0 amide bonds. The molecule has 0 spiro atoms. The Morgan fingerprint density at radius 2 is 0.949 bits per heavy atom. The Labute approximate surface area is 346 Å². The first-order valence-corrected chi connectivity index (χ1v) is 21.0. The van der Waals surface area contributed by atoms with Crippen LogP contribution in [-0.2, 0) is 0 Å². The number of benzene rings is 9. The van der Waals surface area contributed by atoms with E-state index in [4.69, 9.17) is 0 Å². The Bertz CT molecular complexity index is 3540. The lowest BCUT2D eigenvalue weighted by Gasteiger charge is -2.26. The third kappa shape index (κ3) is 5.40. The molecule has 12 aromatic rings. The summed E-state index contributed by atoms with van der Waals surface area (Å²) in [6, 6.07) is 79.9. The normalized spacial score (nSPS) is 11.7. The van der Waals surface area contributed by atoms with Crippen LogP contribution in [-0.4, -0.2) is 4.40 Å². The van der Waals surface area contributed by atoms with Crippen molar-refractivity contribution in [3.05, 3.63) is 218 Å². The zero-order valence-corrected chi connectivity index (χ0v) is 32.9. The van der Waals surface area contributed by atoms with Crippen molar-refractivity contribution in [3.63, 3.8) is 0 Å². The first-order chi connectivity index (χ1) is 29.3. The van der Waals surface area contributed by atoms with E-state index in [0.29, 0.717) is 0 Å². The highest BCUT2D eigenvalue weighted by Crippen LogP contribution is 2.47. The molecule has 0 aliphatic carbocycles. The van der Waals surface area contributed by atoms with Gasteiger partial charge in [-0.2, -0.15) is 0 Å². The Kier molecular flexibility index (Phi) is 7.75. The predicted octanol–water partition coefficient (Wildman–Crippen LogP) is 16.2. The minimum atomic E-state index is 1.11. The van der Waals surface area contributed by atoms with E-state index in [9.17, 15) is 0 Å². The molecule has 59 heavy (non-hydrogen) atoms. The Balaban J connectivity index is 1.06. The van der Waals surface area contributed by atoms with Gasteiger partial charge >= 0.3 is 0 Å². The second-order valence-electron chi connectivity index (χ2n) is 15.3. The first-order valence-electron chi connectivity index (χ1n) is 20.2. The molecule has 0 fully saturated rings. The van der Waals surface area contributed by atoms with Gasteiger partial charge in [0.2, 0.25) is 0 Å². The lowest BCUT2D eigenvalue weighted by atomic mass is 9.96. The van der Waals surface area contributed by atoms with Gasteiger partial charge in [-0.05, 0) is 93.0 Å². The summed E-state index contributed by atoms with van der Waals surface area (Å²) >= 11 is 1.87. The molecule has 0 N–H and O–H groups in total. The van der Waals surface area contributed by atoms with Gasteiger partial charge in [-0.1, -0.05) is 164 Å². The molecule has 0 saturated carbocycles. The number of para-hydroxylation sites is 2. The minimum absolute atomic E-state index is 1.11. The van der Waals surface area contributed by atoms with Crippen LogP contribution in [0.15, 0.2) is 218 Å². The zero-order valence-electron chi connectivity index (χ0n) is 32.1. The van der Waals surface area contributed by atoms with Gasteiger partial charge < -0.3 is 9.30 Å². The number of hydrogen-bond donors (Lipinski definition) is 0. The standard InChI is InChI=1S/C56H36N2S/c1-2-15-40(16-3-1)54-48-21-7-10-25-51(48)58-50-24-9-5-17-41(50)36-49(55(54)58)39-30-34-43(35-31-39)57(52-26-13-23-47-46-20-8-11-27-53(46)59-56(47)52)42-32-28-38(29-33-42)45-22-12-18-37-14-4-6-19-44(37)45/h1-36H. The van der Waals surface area contributed by atoms with E-state index in [1.165, 1.54) is 97.3 Å². The molecule has 276 valence electrons. The predicted molar refractivity (Wildman–Crippen MR) is 254 cm³/mol. The van der Waals surface area contributed by atoms with E-state index in [-0.39, 0.29) is 0 Å². The maximum absolute atomic E-state index is 2.47. The molecule has 12 rings (SSSR count). The molecular formula is C56H36N2S. The van der Waals surface area contributed by atoms with Crippen molar-refractivity contribution in [1.82, 2.24) is 4.40 Å². The largest absolute Gasteiger partial charge is 0.309 e. The van der Waals surface area contributed by atoms with Gasteiger partial charge in [-0.15, -0.1) is 11.3 Å². The van der Waals surface area contributed by atoms with Crippen LogP contribution in [0.4, 0.5) is 17.1 Å². The number of pyridine rings is 1. The summed E-state index contributed by atoms with van der Waals surface area (Å²) in [6.07, 6.45) is 0.